The first-order valence-corrected chi connectivity index (χ1v) is 15.0. The predicted octanol–water partition coefficient (Wildman–Crippen LogP) is 2.89. The zero-order chi connectivity index (χ0) is 32.6. The smallest absolute Gasteiger partial charge is 0.289 e. The third-order valence-electron chi connectivity index (χ3n) is 6.90. The van der Waals surface area contributed by atoms with E-state index in [9.17, 15) is 19.2 Å². The minimum Gasteiger partial charge on any atom is -0.493 e. The Kier molecular flexibility index (Phi) is 15.2. The highest BCUT2D eigenvalue weighted by Crippen LogP contribution is 2.27. The molecule has 0 saturated carbocycles. The molecular formula is C33H48N4O7. The fourth-order valence-electron chi connectivity index (χ4n) is 4.37. The number of amides is 3. The number of ketones is 1. The number of rotatable bonds is 19. The van der Waals surface area contributed by atoms with Gasteiger partial charge in [-0.1, -0.05) is 39.0 Å². The van der Waals surface area contributed by atoms with Crippen LogP contribution in [0.4, 0.5) is 0 Å². The van der Waals surface area contributed by atoms with Crippen LogP contribution in [0.25, 0.3) is 0 Å². The van der Waals surface area contributed by atoms with E-state index in [1.165, 1.54) is 14.2 Å². The van der Waals surface area contributed by atoms with E-state index in [4.69, 9.17) is 14.2 Å². The molecule has 3 amide bonds. The summed E-state index contributed by atoms with van der Waals surface area (Å²) in [6, 6.07) is 10.9. The number of hydrogen-bond acceptors (Lipinski definition) is 8. The number of Topliss-reactive ketones (excluding diaryl/α,β-unsaturated/α-hetero) is 1. The molecule has 0 fully saturated rings. The van der Waals surface area contributed by atoms with Gasteiger partial charge in [0.1, 0.15) is 18.4 Å². The van der Waals surface area contributed by atoms with Gasteiger partial charge in [0.2, 0.25) is 17.6 Å². The van der Waals surface area contributed by atoms with Gasteiger partial charge in [0.15, 0.2) is 11.5 Å². The van der Waals surface area contributed by atoms with Crippen molar-refractivity contribution in [1.82, 2.24) is 20.9 Å². The molecule has 2 rings (SSSR count). The SMILES string of the molecule is CCC(NC(=O)C(CC(C)C)NC(=O)CCc1ccc(OCCN(C)C)cc1)C(=O)C(=O)NCc1ccc(OC)c(OC)c1. The Morgan fingerprint density at radius 2 is 1.52 bits per heavy atom. The van der Waals surface area contributed by atoms with E-state index >= 15 is 0 Å². The van der Waals surface area contributed by atoms with Crippen molar-refractivity contribution in [2.45, 2.75) is 65.1 Å². The van der Waals surface area contributed by atoms with Gasteiger partial charge in [0.05, 0.1) is 20.3 Å². The number of hydrogen-bond donors (Lipinski definition) is 3. The Labute approximate surface area is 261 Å². The molecule has 2 unspecified atom stereocenters. The molecule has 0 bridgehead atoms. The van der Waals surface area contributed by atoms with Crippen LogP contribution in [0.5, 0.6) is 17.2 Å². The summed E-state index contributed by atoms with van der Waals surface area (Å²) in [7, 11) is 7.00. The Balaban J connectivity index is 1.92. The van der Waals surface area contributed by atoms with E-state index in [0.717, 1.165) is 17.9 Å². The standard InChI is InChI=1S/C33H48N4O7/c1-8-26(31(39)33(41)34-21-24-11-15-28(42-6)29(20-24)43-7)36-32(40)27(19-22(2)3)35-30(38)16-12-23-9-13-25(14-10-23)44-18-17-37(4)5/h9-11,13-15,20,22,26-27H,8,12,16-19,21H2,1-7H3,(H,34,41)(H,35,38)(H,36,40). The molecule has 0 spiro atoms. The number of benzene rings is 2. The Hall–Kier alpha value is -4.12. The van der Waals surface area contributed by atoms with E-state index in [1.807, 2.05) is 57.1 Å². The van der Waals surface area contributed by atoms with Crippen molar-refractivity contribution < 1.29 is 33.4 Å². The van der Waals surface area contributed by atoms with E-state index in [1.54, 1.807) is 25.1 Å². The van der Waals surface area contributed by atoms with Crippen LogP contribution in [-0.4, -0.2) is 82.0 Å². The van der Waals surface area contributed by atoms with Crippen molar-refractivity contribution in [3.8, 4) is 17.2 Å². The average Bonchev–Trinajstić information content (AvgIpc) is 3.00. The summed E-state index contributed by atoms with van der Waals surface area (Å²) in [5, 5.41) is 8.10. The quantitative estimate of drug-likeness (QED) is 0.206. The summed E-state index contributed by atoms with van der Waals surface area (Å²) in [6.45, 7) is 7.08. The van der Waals surface area contributed by atoms with Gasteiger partial charge >= 0.3 is 0 Å². The van der Waals surface area contributed by atoms with Crippen molar-refractivity contribution >= 4 is 23.5 Å². The van der Waals surface area contributed by atoms with E-state index in [0.29, 0.717) is 36.5 Å². The molecule has 0 aromatic heterocycles. The number of nitrogens with zero attached hydrogens (tertiary/aromatic N) is 1. The molecule has 3 N–H and O–H groups in total. The van der Waals surface area contributed by atoms with Crippen LogP contribution in [0.3, 0.4) is 0 Å². The monoisotopic (exact) mass is 612 g/mol. The van der Waals surface area contributed by atoms with Gasteiger partial charge in [-0.3, -0.25) is 19.2 Å². The number of nitrogens with one attached hydrogen (secondary N) is 3. The molecule has 0 heterocycles. The summed E-state index contributed by atoms with van der Waals surface area (Å²) in [4.78, 5) is 53.7. The lowest BCUT2D eigenvalue weighted by molar-refractivity contribution is -0.140. The van der Waals surface area contributed by atoms with Gasteiger partial charge in [-0.05, 0) is 74.7 Å². The molecule has 2 aromatic rings. The van der Waals surface area contributed by atoms with Gasteiger partial charge in [-0.25, -0.2) is 0 Å². The second-order valence-corrected chi connectivity index (χ2v) is 11.3. The second-order valence-electron chi connectivity index (χ2n) is 11.3. The van der Waals surface area contributed by atoms with Gasteiger partial charge in [0.25, 0.3) is 5.91 Å². The van der Waals surface area contributed by atoms with E-state index < -0.39 is 29.7 Å². The maximum Gasteiger partial charge on any atom is 0.289 e. The molecule has 44 heavy (non-hydrogen) atoms. The molecule has 0 saturated heterocycles. The molecule has 0 radical (unpaired) electrons. The first-order valence-electron chi connectivity index (χ1n) is 15.0. The Morgan fingerprint density at radius 1 is 0.864 bits per heavy atom. The lowest BCUT2D eigenvalue weighted by Gasteiger charge is -2.23. The van der Waals surface area contributed by atoms with Gasteiger partial charge < -0.3 is 35.1 Å². The Bertz CT molecular complexity index is 1230. The number of methoxy groups -OCH3 is 2. The van der Waals surface area contributed by atoms with Crippen LogP contribution in [0.15, 0.2) is 42.5 Å². The first-order chi connectivity index (χ1) is 21.0. The molecule has 2 atom stereocenters. The molecule has 11 heteroatoms. The highest BCUT2D eigenvalue weighted by Gasteiger charge is 2.29. The average molecular weight is 613 g/mol. The number of carbonyl (C=O) groups excluding carboxylic acids is 4. The van der Waals surface area contributed by atoms with Crippen LogP contribution in [0.2, 0.25) is 0 Å². The first kappa shape index (κ1) is 36.1. The topological polar surface area (TPSA) is 135 Å². The zero-order valence-corrected chi connectivity index (χ0v) is 27.0. The molecule has 11 nitrogen and oxygen atoms in total. The van der Waals surface area contributed by atoms with E-state index in [2.05, 4.69) is 16.0 Å². The summed E-state index contributed by atoms with van der Waals surface area (Å²) in [5.74, 6) is -0.430. The highest BCUT2D eigenvalue weighted by molar-refractivity contribution is 6.38. The second kappa shape index (κ2) is 18.5. The minimum absolute atomic E-state index is 0.0908. The lowest BCUT2D eigenvalue weighted by Crippen LogP contribution is -2.54. The fraction of sp³-hybridized carbons (Fsp3) is 0.515. The van der Waals surface area contributed by atoms with Crippen LogP contribution >= 0.6 is 0 Å². The highest BCUT2D eigenvalue weighted by atomic mass is 16.5. The van der Waals surface area contributed by atoms with Crippen molar-refractivity contribution in [2.75, 3.05) is 41.5 Å². The van der Waals surface area contributed by atoms with Crippen molar-refractivity contribution in [3.05, 3.63) is 53.6 Å². The zero-order valence-electron chi connectivity index (χ0n) is 27.0. The van der Waals surface area contributed by atoms with Crippen LogP contribution in [0.1, 0.15) is 51.2 Å². The summed E-state index contributed by atoms with van der Waals surface area (Å²) in [6.07, 6.45) is 1.28. The van der Waals surface area contributed by atoms with Gasteiger partial charge in [-0.2, -0.15) is 0 Å². The number of carbonyl (C=O) groups is 4. The van der Waals surface area contributed by atoms with Crippen molar-refractivity contribution in [3.63, 3.8) is 0 Å². The molecule has 0 aliphatic rings. The molecule has 242 valence electrons. The van der Waals surface area contributed by atoms with Crippen LogP contribution in [-0.2, 0) is 32.1 Å². The third-order valence-corrected chi connectivity index (χ3v) is 6.90. The van der Waals surface area contributed by atoms with Crippen LogP contribution < -0.4 is 30.2 Å². The van der Waals surface area contributed by atoms with Gasteiger partial charge in [-0.15, -0.1) is 0 Å². The molecular weight excluding hydrogens is 564 g/mol. The normalized spacial score (nSPS) is 12.3. The number of ether oxygens (including phenoxy) is 3. The van der Waals surface area contributed by atoms with Crippen molar-refractivity contribution in [1.29, 1.82) is 0 Å². The van der Waals surface area contributed by atoms with E-state index in [-0.39, 0.29) is 31.2 Å². The number of likely N-dealkylation sites (N-methyl/N-ethyl adjacent to an activating group) is 1. The number of aryl methyl sites for hydroxylation is 1. The summed E-state index contributed by atoms with van der Waals surface area (Å²) < 4.78 is 16.2. The maximum atomic E-state index is 13.2. The predicted molar refractivity (Wildman–Crippen MR) is 169 cm³/mol. The largest absolute Gasteiger partial charge is 0.493 e. The Morgan fingerprint density at radius 3 is 2.11 bits per heavy atom. The fourth-order valence-corrected chi connectivity index (χ4v) is 4.37. The molecule has 0 aliphatic carbocycles. The van der Waals surface area contributed by atoms with Gasteiger partial charge in [0, 0.05) is 19.5 Å². The van der Waals surface area contributed by atoms with Crippen LogP contribution in [0, 0.1) is 5.92 Å². The minimum atomic E-state index is -1.03. The van der Waals surface area contributed by atoms with Crippen molar-refractivity contribution in [2.24, 2.45) is 5.92 Å². The third kappa shape index (κ3) is 12.2. The summed E-state index contributed by atoms with van der Waals surface area (Å²) in [5.41, 5.74) is 1.69. The lowest BCUT2D eigenvalue weighted by atomic mass is 10.0. The maximum absolute atomic E-state index is 13.2. The molecule has 2 aromatic carbocycles. The summed E-state index contributed by atoms with van der Waals surface area (Å²) >= 11 is 0. The molecule has 0 aliphatic heterocycles.